The van der Waals surface area contributed by atoms with Crippen molar-refractivity contribution in [2.45, 2.75) is 52.2 Å². The summed E-state index contributed by atoms with van der Waals surface area (Å²) < 4.78 is 11.1. The molecule has 2 aromatic rings. The third-order valence-corrected chi connectivity index (χ3v) is 6.21. The number of amides is 1. The molecule has 1 unspecified atom stereocenters. The molecule has 4 rings (SSSR count). The van der Waals surface area contributed by atoms with Crippen LogP contribution in [0.25, 0.3) is 11.3 Å². The molecule has 1 atom stereocenters. The number of carbonyl (C=O) groups is 1. The highest BCUT2D eigenvalue weighted by atomic mass is 16.6. The van der Waals surface area contributed by atoms with E-state index in [1.807, 2.05) is 52.8 Å². The largest absolute Gasteiger partial charge is 0.495 e. The van der Waals surface area contributed by atoms with Gasteiger partial charge in [0, 0.05) is 30.5 Å². The third kappa shape index (κ3) is 3.91. The van der Waals surface area contributed by atoms with Gasteiger partial charge in [0.2, 0.25) is 6.41 Å². The predicted molar refractivity (Wildman–Crippen MR) is 129 cm³/mol. The van der Waals surface area contributed by atoms with E-state index in [1.165, 1.54) is 0 Å². The molecule has 1 spiro atoms. The zero-order valence-electron chi connectivity index (χ0n) is 20.6. The number of ether oxygens (including phenoxy) is 2. The molecule has 4 heterocycles. The molecule has 1 saturated heterocycles. The minimum absolute atomic E-state index is 0.116. The van der Waals surface area contributed by atoms with Crippen LogP contribution in [-0.2, 0) is 10.3 Å². The lowest BCUT2D eigenvalue weighted by Crippen LogP contribution is -2.69. The van der Waals surface area contributed by atoms with Crippen LogP contribution in [0.3, 0.4) is 0 Å². The Kier molecular flexibility index (Phi) is 6.10. The van der Waals surface area contributed by atoms with E-state index in [2.05, 4.69) is 11.6 Å². The van der Waals surface area contributed by atoms with Gasteiger partial charge < -0.3 is 14.6 Å². The van der Waals surface area contributed by atoms with Gasteiger partial charge in [0.25, 0.3) is 5.91 Å². The first-order valence-corrected chi connectivity index (χ1v) is 11.3. The second kappa shape index (κ2) is 8.61. The molecule has 180 valence electrons. The van der Waals surface area contributed by atoms with Crippen molar-refractivity contribution in [2.75, 3.05) is 20.2 Å². The quantitative estimate of drug-likeness (QED) is 0.516. The van der Waals surface area contributed by atoms with Crippen molar-refractivity contribution >= 4 is 5.91 Å². The fourth-order valence-electron chi connectivity index (χ4n) is 4.68. The minimum Gasteiger partial charge on any atom is -0.495 e. The van der Waals surface area contributed by atoms with Gasteiger partial charge in [-0.1, -0.05) is 12.7 Å². The van der Waals surface area contributed by atoms with Crippen LogP contribution < -0.4 is 4.74 Å². The van der Waals surface area contributed by atoms with E-state index in [0.29, 0.717) is 41.5 Å². The average Bonchev–Trinajstić information content (AvgIpc) is 3.01. The second-order valence-electron chi connectivity index (χ2n) is 9.71. The smallest absolute Gasteiger partial charge is 0.261 e. The van der Waals surface area contributed by atoms with Crippen LogP contribution in [0.15, 0.2) is 49.0 Å². The number of likely N-dealkylation sites (tertiary alicyclic amines) is 1. The van der Waals surface area contributed by atoms with Gasteiger partial charge in [-0.05, 0) is 58.4 Å². The van der Waals surface area contributed by atoms with E-state index in [4.69, 9.17) is 14.5 Å². The van der Waals surface area contributed by atoms with Crippen LogP contribution in [0, 0.1) is 6.92 Å². The molecule has 2 aromatic heterocycles. The number of methoxy groups -OCH3 is 1. The number of aromatic nitrogens is 2. The van der Waals surface area contributed by atoms with Gasteiger partial charge in [0.1, 0.15) is 11.3 Å². The number of fused-ring (bicyclic) bond motifs is 2. The third-order valence-electron chi connectivity index (χ3n) is 6.21. The Morgan fingerprint density at radius 3 is 2.59 bits per heavy atom. The molecule has 8 nitrogen and oxygen atoms in total. The van der Waals surface area contributed by atoms with Gasteiger partial charge in [-0.2, -0.15) is 0 Å². The summed E-state index contributed by atoms with van der Waals surface area (Å²) in [7, 11) is 1.59. The van der Waals surface area contributed by atoms with Crippen molar-refractivity contribution in [1.82, 2.24) is 19.8 Å². The maximum Gasteiger partial charge on any atom is 0.261 e. The number of carbonyl (C=O) groups excluding carboxylic acids is 1. The van der Waals surface area contributed by atoms with Crippen molar-refractivity contribution in [3.63, 3.8) is 0 Å². The average molecular weight is 465 g/mol. The second-order valence-corrected chi connectivity index (χ2v) is 9.71. The molecular weight excluding hydrogens is 432 g/mol. The number of hydrogen-bond acceptors (Lipinski definition) is 7. The summed E-state index contributed by atoms with van der Waals surface area (Å²) in [6.45, 7) is 14.1. The van der Waals surface area contributed by atoms with Gasteiger partial charge in [-0.25, -0.2) is 9.88 Å². The summed E-state index contributed by atoms with van der Waals surface area (Å²) in [6.07, 6.45) is 5.83. The lowest BCUT2D eigenvalue weighted by atomic mass is 9.84. The zero-order chi connectivity index (χ0) is 24.8. The Bertz CT molecular complexity index is 1160. The van der Waals surface area contributed by atoms with Crippen LogP contribution in [-0.4, -0.2) is 63.0 Å². The van der Waals surface area contributed by atoms with Crippen LogP contribution in [0.2, 0.25) is 0 Å². The summed E-state index contributed by atoms with van der Waals surface area (Å²) in [4.78, 5) is 26.5. The first-order valence-electron chi connectivity index (χ1n) is 11.3. The van der Waals surface area contributed by atoms with E-state index in [1.54, 1.807) is 35.4 Å². The van der Waals surface area contributed by atoms with Crippen molar-refractivity contribution in [3.8, 4) is 17.0 Å². The Morgan fingerprint density at radius 2 is 2.00 bits per heavy atom. The lowest BCUT2D eigenvalue weighted by molar-refractivity contribution is -0.273. The Morgan fingerprint density at radius 1 is 1.29 bits per heavy atom. The Balaban J connectivity index is 1.81. The predicted octanol–water partition coefficient (Wildman–Crippen LogP) is 3.61. The summed E-state index contributed by atoms with van der Waals surface area (Å²) in [6, 6.07) is 3.78. The molecule has 0 bridgehead atoms. The maximum absolute atomic E-state index is 13.7. The Labute approximate surface area is 200 Å². The molecule has 1 amide bonds. The molecule has 8 heteroatoms. The SMILES string of the molecule is C=C/C(=C\C)N1C(=O)c2c(C)cc(-c3cncc(OC)c3)nc2C12CN(C(O)OC(C)(C)C)C2. The number of rotatable bonds is 6. The summed E-state index contributed by atoms with van der Waals surface area (Å²) in [5.41, 5.74) is 3.08. The van der Waals surface area contributed by atoms with Crippen LogP contribution in [0.5, 0.6) is 5.75 Å². The number of aliphatic hydroxyl groups is 1. The maximum atomic E-state index is 13.7. The zero-order valence-corrected chi connectivity index (χ0v) is 20.6. The van der Waals surface area contributed by atoms with Gasteiger partial charge in [-0.3, -0.25) is 14.7 Å². The number of aliphatic hydroxyl groups excluding tert-OH is 1. The molecule has 1 N–H and O–H groups in total. The number of aryl methyl sites for hydroxylation is 1. The molecule has 0 saturated carbocycles. The molecule has 0 radical (unpaired) electrons. The summed E-state index contributed by atoms with van der Waals surface area (Å²) in [5, 5.41) is 10.7. The van der Waals surface area contributed by atoms with E-state index < -0.39 is 17.6 Å². The number of allylic oxidation sites excluding steroid dienone is 2. The first kappa shape index (κ1) is 24.1. The fourth-order valence-corrected chi connectivity index (χ4v) is 4.68. The highest BCUT2D eigenvalue weighted by Gasteiger charge is 2.60. The van der Waals surface area contributed by atoms with Crippen molar-refractivity contribution in [3.05, 3.63) is 65.8 Å². The summed E-state index contributed by atoms with van der Waals surface area (Å²) >= 11 is 0. The van der Waals surface area contributed by atoms with Gasteiger partial charge in [-0.15, -0.1) is 0 Å². The molecule has 0 aliphatic carbocycles. The van der Waals surface area contributed by atoms with Crippen molar-refractivity contribution < 1.29 is 19.4 Å². The standard InChI is InChI=1S/C26H32N4O4/c1-8-18(9-2)30-23(31)21-16(3)10-20(17-11-19(33-7)13-27-12-17)28-22(21)26(30)14-29(15-26)24(32)34-25(4,5)6/h8-13,24,32H,1,14-15H2,2-7H3/b18-9+. The molecule has 2 aliphatic heterocycles. The fraction of sp³-hybridized carbons (Fsp3) is 0.423. The van der Waals surface area contributed by atoms with Crippen LogP contribution in [0.4, 0.5) is 0 Å². The van der Waals surface area contributed by atoms with E-state index >= 15 is 0 Å². The highest BCUT2D eigenvalue weighted by Crippen LogP contribution is 2.49. The van der Waals surface area contributed by atoms with Crippen molar-refractivity contribution in [2.24, 2.45) is 0 Å². The normalized spacial score (nSPS) is 18.6. The minimum atomic E-state index is -1.09. The molecule has 0 aromatic carbocycles. The van der Waals surface area contributed by atoms with E-state index in [0.717, 1.165) is 11.1 Å². The van der Waals surface area contributed by atoms with E-state index in [-0.39, 0.29) is 5.91 Å². The molecule has 2 aliphatic rings. The summed E-state index contributed by atoms with van der Waals surface area (Å²) in [5.74, 6) is 0.513. The molecular formula is C26H32N4O4. The van der Waals surface area contributed by atoms with E-state index in [9.17, 15) is 9.90 Å². The number of hydrogen-bond donors (Lipinski definition) is 1. The van der Waals surface area contributed by atoms with Gasteiger partial charge in [0.05, 0.1) is 35.9 Å². The number of pyridine rings is 2. The van der Waals surface area contributed by atoms with Crippen LogP contribution in [0.1, 0.15) is 49.3 Å². The molecule has 34 heavy (non-hydrogen) atoms. The van der Waals surface area contributed by atoms with Gasteiger partial charge >= 0.3 is 0 Å². The van der Waals surface area contributed by atoms with Gasteiger partial charge in [0.15, 0.2) is 0 Å². The highest BCUT2D eigenvalue weighted by molar-refractivity contribution is 6.03. The molecule has 1 fully saturated rings. The monoisotopic (exact) mass is 464 g/mol. The first-order chi connectivity index (χ1) is 16.0. The lowest BCUT2D eigenvalue weighted by Gasteiger charge is -2.54. The topological polar surface area (TPSA) is 88.0 Å². The number of nitrogens with zero attached hydrogens (tertiary/aromatic N) is 4. The Hall–Kier alpha value is -3.07. The van der Waals surface area contributed by atoms with Crippen LogP contribution >= 0.6 is 0 Å². The van der Waals surface area contributed by atoms with Crippen molar-refractivity contribution in [1.29, 1.82) is 0 Å².